The van der Waals surface area contributed by atoms with E-state index in [1.807, 2.05) is 38.1 Å². The molecule has 1 aliphatic heterocycles. The molecule has 4 rings (SSSR count). The Labute approximate surface area is 192 Å². The molecule has 32 heavy (non-hydrogen) atoms. The molecule has 0 bridgehead atoms. The molecule has 0 amide bonds. The van der Waals surface area contributed by atoms with Crippen LogP contribution in [0.5, 0.6) is 0 Å². The van der Waals surface area contributed by atoms with Gasteiger partial charge in [0.1, 0.15) is 16.5 Å². The fourth-order valence-electron chi connectivity index (χ4n) is 3.67. The molecule has 0 spiro atoms. The molecule has 1 aromatic carbocycles. The van der Waals surface area contributed by atoms with Gasteiger partial charge in [0.2, 0.25) is 10.0 Å². The Bertz CT molecular complexity index is 1440. The number of sulfonamides is 1. The molecule has 0 aliphatic carbocycles. The van der Waals surface area contributed by atoms with E-state index in [-0.39, 0.29) is 10.3 Å². The Kier molecular flexibility index (Phi) is 5.79. The van der Waals surface area contributed by atoms with Crippen molar-refractivity contribution in [2.24, 2.45) is 5.41 Å². The van der Waals surface area contributed by atoms with Crippen LogP contribution in [0.15, 0.2) is 59.4 Å². The summed E-state index contributed by atoms with van der Waals surface area (Å²) in [6, 6.07) is 9.33. The number of allylic oxidation sites excluding steroid dienone is 1. The first kappa shape index (κ1) is 22.0. The van der Waals surface area contributed by atoms with Gasteiger partial charge in [-0.05, 0) is 30.7 Å². The van der Waals surface area contributed by atoms with E-state index in [2.05, 4.69) is 21.9 Å². The summed E-state index contributed by atoms with van der Waals surface area (Å²) in [5.41, 5.74) is 2.16. The van der Waals surface area contributed by atoms with Crippen LogP contribution in [0.4, 0.5) is 0 Å². The van der Waals surface area contributed by atoms with Crippen LogP contribution in [0.3, 0.4) is 0 Å². The largest absolute Gasteiger partial charge is 0.246 e. The Hall–Kier alpha value is -3.17. The summed E-state index contributed by atoms with van der Waals surface area (Å²) < 4.78 is 29.3. The van der Waals surface area contributed by atoms with E-state index >= 15 is 0 Å². The molecule has 1 aliphatic rings. The Balaban J connectivity index is 1.56. The van der Waals surface area contributed by atoms with E-state index in [9.17, 15) is 8.42 Å². The van der Waals surface area contributed by atoms with Gasteiger partial charge >= 0.3 is 0 Å². The average molecular weight is 466 g/mol. The minimum atomic E-state index is -3.76. The monoisotopic (exact) mass is 465 g/mol. The zero-order chi connectivity index (χ0) is 22.9. The lowest BCUT2D eigenvalue weighted by atomic mass is 9.79. The Morgan fingerprint density at radius 2 is 2.09 bits per heavy atom. The van der Waals surface area contributed by atoms with Gasteiger partial charge in [-0.1, -0.05) is 48.9 Å². The fraction of sp³-hybridized carbons (Fsp3) is 0.261. The lowest BCUT2D eigenvalue weighted by molar-refractivity contribution is 0.253. The van der Waals surface area contributed by atoms with Crippen molar-refractivity contribution in [1.29, 1.82) is 5.26 Å². The standard InChI is InChI=1S/C23H20ClN5O2S/c1-23(2)16-28(10-9-19(23)7-3-5-17-6-4-8-20(24)11-17)32(30,31)21-14-26-22-18(12-25)13-27-29(22)15-21/h4,6-8,11,13-15H,9-10,16H2,1-2H3/b19-7+. The van der Waals surface area contributed by atoms with Crippen molar-refractivity contribution < 1.29 is 8.42 Å². The highest BCUT2D eigenvalue weighted by Crippen LogP contribution is 2.36. The predicted octanol–water partition coefficient (Wildman–Crippen LogP) is 3.65. The lowest BCUT2D eigenvalue weighted by Crippen LogP contribution is -2.44. The predicted molar refractivity (Wildman–Crippen MR) is 121 cm³/mol. The van der Waals surface area contributed by atoms with Crippen molar-refractivity contribution in [3.63, 3.8) is 0 Å². The summed E-state index contributed by atoms with van der Waals surface area (Å²) in [6.45, 7) is 4.68. The Morgan fingerprint density at radius 1 is 1.28 bits per heavy atom. The summed E-state index contributed by atoms with van der Waals surface area (Å²) in [5.74, 6) is 6.16. The van der Waals surface area contributed by atoms with Gasteiger partial charge in [-0.15, -0.1) is 0 Å². The van der Waals surface area contributed by atoms with Crippen LogP contribution < -0.4 is 0 Å². The summed E-state index contributed by atoms with van der Waals surface area (Å²) in [5, 5.41) is 13.8. The van der Waals surface area contributed by atoms with E-state index in [4.69, 9.17) is 16.9 Å². The highest BCUT2D eigenvalue weighted by atomic mass is 35.5. The molecule has 0 saturated carbocycles. The highest BCUT2D eigenvalue weighted by Gasteiger charge is 2.37. The van der Waals surface area contributed by atoms with Crippen LogP contribution in [-0.4, -0.2) is 40.4 Å². The third kappa shape index (κ3) is 4.26. The number of hydrogen-bond acceptors (Lipinski definition) is 5. The van der Waals surface area contributed by atoms with Gasteiger partial charge in [0, 0.05) is 29.1 Å². The molecule has 1 fully saturated rings. The van der Waals surface area contributed by atoms with Gasteiger partial charge in [-0.2, -0.15) is 14.7 Å². The minimum Gasteiger partial charge on any atom is -0.234 e. The van der Waals surface area contributed by atoms with E-state index in [1.54, 1.807) is 12.1 Å². The van der Waals surface area contributed by atoms with E-state index in [1.165, 1.54) is 27.4 Å². The number of nitrogens with zero attached hydrogens (tertiary/aromatic N) is 5. The van der Waals surface area contributed by atoms with Crippen LogP contribution in [0.1, 0.15) is 31.4 Å². The smallest absolute Gasteiger partial charge is 0.234 e. The zero-order valence-electron chi connectivity index (χ0n) is 17.6. The molecular formula is C23H20ClN5O2S. The molecule has 162 valence electrons. The van der Waals surface area contributed by atoms with Crippen LogP contribution in [0, 0.1) is 28.6 Å². The topological polar surface area (TPSA) is 91.4 Å². The fourth-order valence-corrected chi connectivity index (χ4v) is 5.40. The summed E-state index contributed by atoms with van der Waals surface area (Å²) >= 11 is 6.00. The zero-order valence-corrected chi connectivity index (χ0v) is 19.2. The number of fused-ring (bicyclic) bond motifs is 1. The summed E-state index contributed by atoms with van der Waals surface area (Å²) in [4.78, 5) is 4.18. The number of piperidine rings is 1. The maximum absolute atomic E-state index is 13.3. The number of rotatable bonds is 2. The molecule has 0 radical (unpaired) electrons. The lowest BCUT2D eigenvalue weighted by Gasteiger charge is -2.39. The van der Waals surface area contributed by atoms with Gasteiger partial charge in [0.25, 0.3) is 0 Å². The van der Waals surface area contributed by atoms with Crippen LogP contribution in [-0.2, 0) is 10.0 Å². The van der Waals surface area contributed by atoms with Gasteiger partial charge in [-0.3, -0.25) is 0 Å². The van der Waals surface area contributed by atoms with Gasteiger partial charge in [-0.25, -0.2) is 17.9 Å². The van der Waals surface area contributed by atoms with Crippen molar-refractivity contribution >= 4 is 27.3 Å². The molecule has 0 atom stereocenters. The number of hydrogen-bond donors (Lipinski definition) is 0. The second-order valence-electron chi connectivity index (χ2n) is 8.15. The van der Waals surface area contributed by atoms with E-state index in [0.717, 1.165) is 11.1 Å². The highest BCUT2D eigenvalue weighted by molar-refractivity contribution is 7.89. The average Bonchev–Trinajstić information content (AvgIpc) is 3.17. The second-order valence-corrected chi connectivity index (χ2v) is 10.5. The number of benzene rings is 1. The molecule has 0 N–H and O–H groups in total. The van der Waals surface area contributed by atoms with Crippen molar-refractivity contribution in [2.45, 2.75) is 25.2 Å². The van der Waals surface area contributed by atoms with E-state index in [0.29, 0.717) is 35.7 Å². The molecular weight excluding hydrogens is 446 g/mol. The molecule has 1 saturated heterocycles. The van der Waals surface area contributed by atoms with Gasteiger partial charge in [0.05, 0.1) is 18.6 Å². The third-order valence-electron chi connectivity index (χ3n) is 5.45. The molecule has 2 aromatic heterocycles. The van der Waals surface area contributed by atoms with Crippen molar-refractivity contribution in [3.05, 3.63) is 70.7 Å². The van der Waals surface area contributed by atoms with Crippen LogP contribution in [0.25, 0.3) is 5.65 Å². The second kappa shape index (κ2) is 8.40. The molecule has 7 nitrogen and oxygen atoms in total. The van der Waals surface area contributed by atoms with Crippen molar-refractivity contribution in [2.75, 3.05) is 13.1 Å². The van der Waals surface area contributed by atoms with E-state index < -0.39 is 10.0 Å². The first-order valence-electron chi connectivity index (χ1n) is 9.91. The van der Waals surface area contributed by atoms with Crippen LogP contribution in [0.2, 0.25) is 5.02 Å². The Morgan fingerprint density at radius 3 is 2.81 bits per heavy atom. The maximum atomic E-state index is 13.3. The first-order chi connectivity index (χ1) is 15.2. The van der Waals surface area contributed by atoms with Crippen LogP contribution >= 0.6 is 11.6 Å². The van der Waals surface area contributed by atoms with Crippen molar-refractivity contribution in [1.82, 2.24) is 18.9 Å². The molecule has 9 heteroatoms. The maximum Gasteiger partial charge on any atom is 0.246 e. The first-order valence-corrected chi connectivity index (χ1v) is 11.7. The molecule has 3 aromatic rings. The SMILES string of the molecule is CC1(C)CN(S(=O)(=O)c2cnc3c(C#N)cnn3c2)CC/C1=C\C#Cc1cccc(Cl)c1. The van der Waals surface area contributed by atoms with Crippen molar-refractivity contribution in [3.8, 4) is 17.9 Å². The number of aromatic nitrogens is 3. The van der Waals surface area contributed by atoms with Gasteiger partial charge in [0.15, 0.2) is 5.65 Å². The summed E-state index contributed by atoms with van der Waals surface area (Å²) in [7, 11) is -3.76. The number of nitriles is 1. The molecule has 0 unspecified atom stereocenters. The minimum absolute atomic E-state index is 0.0431. The quantitative estimate of drug-likeness (QED) is 0.538. The number of halogens is 1. The third-order valence-corrected chi connectivity index (χ3v) is 7.48. The van der Waals surface area contributed by atoms with Gasteiger partial charge < -0.3 is 0 Å². The molecule has 3 heterocycles. The summed E-state index contributed by atoms with van der Waals surface area (Å²) in [6.07, 6.45) is 6.50. The normalized spacial score (nSPS) is 17.6.